The predicted octanol–water partition coefficient (Wildman–Crippen LogP) is 7.87. The van der Waals surface area contributed by atoms with Crippen LogP contribution in [0.25, 0.3) is 0 Å². The molecule has 0 atom stereocenters. The number of hydroxylamine groups is 2. The SMILES string of the molecule is CC1(C)C(/C=C/C=C/C=C/C=C2/N(CCCCCC(=O)ON3C(=O)c4ccccc4C3=O)c3ccc(S(=O)(=O)O)cc3C2(C)C)=[N+](CCCCCC(=O)O)c2ccc(S(=O)(=O)O)cc21. The van der Waals surface area contributed by atoms with Gasteiger partial charge in [0.1, 0.15) is 6.54 Å². The molecule has 338 valence electrons. The molecule has 0 saturated carbocycles. The van der Waals surface area contributed by atoms with Crippen LogP contribution in [0.3, 0.4) is 0 Å². The second-order valence-corrected chi connectivity index (χ2v) is 19.7. The number of hydrogen-bond donors (Lipinski definition) is 3. The number of fused-ring (bicyclic) bond motifs is 3. The van der Waals surface area contributed by atoms with Crippen molar-refractivity contribution in [1.82, 2.24) is 5.06 Å². The Morgan fingerprint density at radius 1 is 0.703 bits per heavy atom. The number of rotatable bonds is 19. The highest BCUT2D eigenvalue weighted by Gasteiger charge is 2.45. The summed E-state index contributed by atoms with van der Waals surface area (Å²) >= 11 is 0. The van der Waals surface area contributed by atoms with Gasteiger partial charge in [-0.3, -0.25) is 23.5 Å². The van der Waals surface area contributed by atoms with Gasteiger partial charge < -0.3 is 14.8 Å². The number of hydrogen-bond acceptors (Lipinski definition) is 10. The van der Waals surface area contributed by atoms with E-state index in [1.165, 1.54) is 36.4 Å². The number of aliphatic carboxylic acids is 1. The summed E-state index contributed by atoms with van der Waals surface area (Å²) in [4.78, 5) is 55.7. The van der Waals surface area contributed by atoms with Gasteiger partial charge in [0.2, 0.25) is 5.69 Å². The molecule has 6 rings (SSSR count). The van der Waals surface area contributed by atoms with Crippen LogP contribution in [0.5, 0.6) is 0 Å². The standard InChI is InChI=1S/C47H51N3O12S2/c1-46(2)36-30-32(63(56,57)58)24-26-38(36)48(28-16-8-12-22-42(51)52)40(46)20-10-6-5-7-11-21-41-47(3,4)37-31-33(64(59,60)61)25-27-39(37)49(41)29-17-9-13-23-43(53)62-50-44(54)34-18-14-15-19-35(34)45(50)55/h5-7,10-11,14-15,18-21,24-27,30-31H,8-9,12-13,16-17,22-23,28-29H2,1-4H3,(H2-,51,52,56,57,58,59,60,61)/p+1. The van der Waals surface area contributed by atoms with Crippen molar-refractivity contribution in [2.24, 2.45) is 0 Å². The smallest absolute Gasteiger partial charge is 0.333 e. The van der Waals surface area contributed by atoms with Gasteiger partial charge in [-0.25, -0.2) is 4.79 Å². The highest BCUT2D eigenvalue weighted by Crippen LogP contribution is 2.48. The van der Waals surface area contributed by atoms with E-state index in [9.17, 15) is 45.1 Å². The van der Waals surface area contributed by atoms with Crippen molar-refractivity contribution in [2.45, 2.75) is 99.7 Å². The van der Waals surface area contributed by atoms with Crippen LogP contribution in [-0.2, 0) is 45.5 Å². The lowest BCUT2D eigenvalue weighted by Gasteiger charge is -2.27. The van der Waals surface area contributed by atoms with E-state index >= 15 is 0 Å². The molecule has 15 nitrogen and oxygen atoms in total. The first-order chi connectivity index (χ1) is 30.1. The van der Waals surface area contributed by atoms with E-state index in [2.05, 4.69) is 9.48 Å². The highest BCUT2D eigenvalue weighted by molar-refractivity contribution is 7.86. The maximum atomic E-state index is 12.6. The lowest BCUT2D eigenvalue weighted by Crippen LogP contribution is -2.32. The van der Waals surface area contributed by atoms with Gasteiger partial charge in [0.25, 0.3) is 32.1 Å². The number of nitrogens with zero attached hydrogens (tertiary/aromatic N) is 3. The third kappa shape index (κ3) is 10.2. The fourth-order valence-electron chi connectivity index (χ4n) is 8.43. The molecule has 3 aromatic carbocycles. The number of carbonyl (C=O) groups excluding carboxylic acids is 3. The van der Waals surface area contributed by atoms with Crippen molar-refractivity contribution < 1.29 is 59.6 Å². The Labute approximate surface area is 373 Å². The van der Waals surface area contributed by atoms with Crippen LogP contribution in [0.4, 0.5) is 11.4 Å². The van der Waals surface area contributed by atoms with Gasteiger partial charge in [-0.05, 0) is 93.6 Å². The van der Waals surface area contributed by atoms with Crippen LogP contribution in [0.15, 0.2) is 119 Å². The number of imide groups is 1. The van der Waals surface area contributed by atoms with Crippen LogP contribution in [0.1, 0.15) is 111 Å². The Hall–Kier alpha value is -6.01. The number of unbranched alkanes of at least 4 members (excludes halogenated alkanes) is 4. The number of amides is 2. The normalized spacial score (nSPS) is 17.4. The van der Waals surface area contributed by atoms with Gasteiger partial charge >= 0.3 is 11.9 Å². The molecule has 0 aromatic heterocycles. The molecular formula is C47H52N3O12S2+. The van der Waals surface area contributed by atoms with E-state index in [1.807, 2.05) is 70.2 Å². The molecule has 64 heavy (non-hydrogen) atoms. The van der Waals surface area contributed by atoms with E-state index in [-0.39, 0.29) is 33.8 Å². The molecule has 3 aromatic rings. The van der Waals surface area contributed by atoms with Gasteiger partial charge in [0, 0.05) is 60.3 Å². The summed E-state index contributed by atoms with van der Waals surface area (Å²) < 4.78 is 69.9. The molecule has 0 fully saturated rings. The maximum absolute atomic E-state index is 12.6. The van der Waals surface area contributed by atoms with E-state index in [4.69, 9.17) is 9.94 Å². The summed E-state index contributed by atoms with van der Waals surface area (Å²) in [5, 5.41) is 9.55. The number of carbonyl (C=O) groups is 4. The minimum absolute atomic E-state index is 0.0231. The van der Waals surface area contributed by atoms with Gasteiger partial charge in [0.05, 0.1) is 26.3 Å². The predicted molar refractivity (Wildman–Crippen MR) is 239 cm³/mol. The van der Waals surface area contributed by atoms with Crippen molar-refractivity contribution in [3.8, 4) is 0 Å². The third-order valence-corrected chi connectivity index (χ3v) is 13.5. The molecule has 3 heterocycles. The highest BCUT2D eigenvalue weighted by atomic mass is 32.2. The first-order valence-electron chi connectivity index (χ1n) is 20.9. The summed E-state index contributed by atoms with van der Waals surface area (Å²) in [7, 11) is -8.90. The zero-order chi connectivity index (χ0) is 46.6. The van der Waals surface area contributed by atoms with Crippen molar-refractivity contribution >= 4 is 61.1 Å². The fraction of sp³-hybridized carbons (Fsp3) is 0.340. The van der Waals surface area contributed by atoms with E-state index in [0.717, 1.165) is 28.3 Å². The average Bonchev–Trinajstić information content (AvgIpc) is 3.69. The Bertz CT molecular complexity index is 2730. The molecule has 0 radical (unpaired) electrons. The molecule has 0 saturated heterocycles. The zero-order valence-corrected chi connectivity index (χ0v) is 37.7. The second kappa shape index (κ2) is 19.0. The summed E-state index contributed by atoms with van der Waals surface area (Å²) in [6.07, 6.45) is 16.8. The van der Waals surface area contributed by atoms with Crippen LogP contribution >= 0.6 is 0 Å². The van der Waals surface area contributed by atoms with Crippen molar-refractivity contribution in [3.05, 3.63) is 131 Å². The third-order valence-electron chi connectivity index (χ3n) is 11.8. The molecule has 17 heteroatoms. The number of anilines is 1. The second-order valence-electron chi connectivity index (χ2n) is 16.9. The zero-order valence-electron chi connectivity index (χ0n) is 36.1. The van der Waals surface area contributed by atoms with Crippen molar-refractivity contribution in [2.75, 3.05) is 18.0 Å². The van der Waals surface area contributed by atoms with E-state index in [1.54, 1.807) is 24.3 Å². The minimum Gasteiger partial charge on any atom is -0.481 e. The first-order valence-corrected chi connectivity index (χ1v) is 23.8. The lowest BCUT2D eigenvalue weighted by atomic mass is 9.81. The molecule has 0 spiro atoms. The van der Waals surface area contributed by atoms with Gasteiger partial charge in [-0.15, -0.1) is 0 Å². The molecule has 3 aliphatic heterocycles. The van der Waals surface area contributed by atoms with Gasteiger partial charge in [-0.1, -0.05) is 67.8 Å². The molecule has 3 N–H and O–H groups in total. The lowest BCUT2D eigenvalue weighted by molar-refractivity contribution is -0.438. The quantitative estimate of drug-likeness (QED) is 0.0344. The number of benzene rings is 3. The Morgan fingerprint density at radius 2 is 1.28 bits per heavy atom. The maximum Gasteiger partial charge on any atom is 0.333 e. The summed E-state index contributed by atoms with van der Waals surface area (Å²) in [5.74, 6) is -2.93. The van der Waals surface area contributed by atoms with Crippen molar-refractivity contribution in [1.29, 1.82) is 0 Å². The molecule has 2 amide bonds. The van der Waals surface area contributed by atoms with Crippen LogP contribution in [-0.4, -0.2) is 83.2 Å². The Morgan fingerprint density at radius 3 is 1.92 bits per heavy atom. The molecule has 0 bridgehead atoms. The Balaban J connectivity index is 1.14. The topological polar surface area (TPSA) is 216 Å². The largest absolute Gasteiger partial charge is 0.481 e. The average molecular weight is 915 g/mol. The van der Waals surface area contributed by atoms with E-state index < -0.39 is 54.8 Å². The molecule has 3 aliphatic rings. The molecular weight excluding hydrogens is 863 g/mol. The summed E-state index contributed by atoms with van der Waals surface area (Å²) in [6.45, 7) is 8.95. The van der Waals surface area contributed by atoms with Gasteiger partial charge in [0.15, 0.2) is 5.71 Å². The number of carboxylic acid groups (broad SMARTS) is 1. The Kier molecular flexibility index (Phi) is 14.1. The summed E-state index contributed by atoms with van der Waals surface area (Å²) in [6, 6.07) is 15.3. The number of allylic oxidation sites excluding steroid dienone is 8. The number of carboxylic acids is 1. The molecule has 0 aliphatic carbocycles. The van der Waals surface area contributed by atoms with Crippen molar-refractivity contribution in [3.63, 3.8) is 0 Å². The monoisotopic (exact) mass is 914 g/mol. The fourth-order valence-corrected chi connectivity index (χ4v) is 9.45. The minimum atomic E-state index is -4.47. The molecule has 0 unspecified atom stereocenters. The van der Waals surface area contributed by atoms with Crippen LogP contribution in [0, 0.1) is 0 Å². The first kappa shape index (κ1) is 47.5. The van der Waals surface area contributed by atoms with E-state index in [0.29, 0.717) is 62.2 Å². The van der Waals surface area contributed by atoms with Crippen LogP contribution < -0.4 is 4.90 Å². The van der Waals surface area contributed by atoms with Gasteiger partial charge in [-0.2, -0.15) is 21.4 Å². The van der Waals surface area contributed by atoms with Crippen LogP contribution in [0.2, 0.25) is 0 Å². The summed E-state index contributed by atoms with van der Waals surface area (Å²) in [5.41, 5.74) is 3.83.